The van der Waals surface area contributed by atoms with E-state index >= 15 is 0 Å². The van der Waals surface area contributed by atoms with Gasteiger partial charge in [-0.3, -0.25) is 9.59 Å². The number of rotatable bonds is 9. The summed E-state index contributed by atoms with van der Waals surface area (Å²) in [6.45, 7) is -3.10. The normalized spacial score (nSPS) is 12.0. The zero-order valence-corrected chi connectivity index (χ0v) is 16.7. The number of alkyl halides is 2. The van der Waals surface area contributed by atoms with Crippen molar-refractivity contribution in [1.82, 2.24) is 15.5 Å². The van der Waals surface area contributed by atoms with E-state index in [0.29, 0.717) is 5.02 Å². The van der Waals surface area contributed by atoms with Crippen LogP contribution in [0.5, 0.6) is 5.75 Å². The number of benzene rings is 2. The second-order valence-electron chi connectivity index (χ2n) is 6.36. The van der Waals surface area contributed by atoms with Gasteiger partial charge in [-0.15, -0.1) is 0 Å². The number of nitrogens with zero attached hydrogens (tertiary/aromatic N) is 1. The lowest BCUT2D eigenvalue weighted by molar-refractivity contribution is -0.120. The fourth-order valence-corrected chi connectivity index (χ4v) is 2.96. The van der Waals surface area contributed by atoms with Crippen molar-refractivity contribution in [2.24, 2.45) is 0 Å². The summed E-state index contributed by atoms with van der Waals surface area (Å²) in [7, 11) is 3.73. The molecule has 0 fully saturated rings. The van der Waals surface area contributed by atoms with Gasteiger partial charge < -0.3 is 20.3 Å². The van der Waals surface area contributed by atoms with Crippen molar-refractivity contribution in [2.75, 3.05) is 27.2 Å². The van der Waals surface area contributed by atoms with E-state index in [1.807, 2.05) is 37.2 Å². The van der Waals surface area contributed by atoms with Crippen LogP contribution in [0.2, 0.25) is 5.02 Å². The predicted molar refractivity (Wildman–Crippen MR) is 106 cm³/mol. The summed E-state index contributed by atoms with van der Waals surface area (Å²) in [5, 5.41) is 5.73. The molecule has 2 N–H and O–H groups in total. The molecule has 0 aliphatic carbocycles. The van der Waals surface area contributed by atoms with Gasteiger partial charge in [0.2, 0.25) is 5.91 Å². The quantitative estimate of drug-likeness (QED) is 0.647. The topological polar surface area (TPSA) is 70.7 Å². The zero-order chi connectivity index (χ0) is 21.4. The molecule has 0 aromatic heterocycles. The van der Waals surface area contributed by atoms with E-state index in [0.717, 1.165) is 5.56 Å². The first-order valence-electron chi connectivity index (χ1n) is 8.79. The summed E-state index contributed by atoms with van der Waals surface area (Å²) in [4.78, 5) is 26.3. The molecule has 156 valence electrons. The van der Waals surface area contributed by atoms with Crippen LogP contribution in [0, 0.1) is 0 Å². The van der Waals surface area contributed by atoms with Gasteiger partial charge in [-0.1, -0.05) is 41.9 Å². The third-order valence-electron chi connectivity index (χ3n) is 4.14. The Morgan fingerprint density at radius 1 is 1.07 bits per heavy atom. The Balaban J connectivity index is 1.93. The number of amides is 2. The maximum atomic E-state index is 12.5. The van der Waals surface area contributed by atoms with E-state index in [1.165, 1.54) is 24.3 Å². The Kier molecular flexibility index (Phi) is 8.35. The van der Waals surface area contributed by atoms with Crippen LogP contribution in [-0.4, -0.2) is 50.5 Å². The van der Waals surface area contributed by atoms with E-state index in [1.54, 1.807) is 6.07 Å². The summed E-state index contributed by atoms with van der Waals surface area (Å²) >= 11 is 6.24. The van der Waals surface area contributed by atoms with Gasteiger partial charge in [0.15, 0.2) is 0 Å². The van der Waals surface area contributed by atoms with Gasteiger partial charge in [-0.2, -0.15) is 8.78 Å². The molecule has 0 aliphatic rings. The van der Waals surface area contributed by atoms with Gasteiger partial charge in [0.05, 0.1) is 18.2 Å². The van der Waals surface area contributed by atoms with Crippen LogP contribution >= 0.6 is 11.6 Å². The highest BCUT2D eigenvalue weighted by Gasteiger charge is 2.19. The van der Waals surface area contributed by atoms with Crippen LogP contribution in [0.1, 0.15) is 22.0 Å². The summed E-state index contributed by atoms with van der Waals surface area (Å²) in [6, 6.07) is 12.7. The van der Waals surface area contributed by atoms with E-state index < -0.39 is 18.4 Å². The van der Waals surface area contributed by atoms with Crippen molar-refractivity contribution < 1.29 is 23.1 Å². The van der Waals surface area contributed by atoms with Gasteiger partial charge >= 0.3 is 6.61 Å². The number of halogens is 3. The fraction of sp³-hybridized carbons (Fsp3) is 0.300. The SMILES string of the molecule is CN(C)C(CNC(=O)CNC(=O)c1ccccc1OC(F)F)c1ccccc1Cl. The second kappa shape index (κ2) is 10.7. The first-order valence-corrected chi connectivity index (χ1v) is 9.17. The number of para-hydroxylation sites is 1. The first kappa shape index (κ1) is 22.6. The van der Waals surface area contributed by atoms with E-state index in [-0.39, 0.29) is 30.4 Å². The molecule has 0 heterocycles. The van der Waals surface area contributed by atoms with Gasteiger partial charge in [-0.25, -0.2) is 0 Å². The maximum absolute atomic E-state index is 12.5. The van der Waals surface area contributed by atoms with Gasteiger partial charge in [0, 0.05) is 11.6 Å². The molecule has 29 heavy (non-hydrogen) atoms. The molecule has 9 heteroatoms. The Bertz CT molecular complexity index is 849. The number of nitrogens with one attached hydrogen (secondary N) is 2. The summed E-state index contributed by atoms with van der Waals surface area (Å²) in [6.07, 6.45) is 0. The Morgan fingerprint density at radius 3 is 2.38 bits per heavy atom. The number of carbonyl (C=O) groups is 2. The Hall–Kier alpha value is -2.71. The monoisotopic (exact) mass is 425 g/mol. The van der Waals surface area contributed by atoms with E-state index in [9.17, 15) is 18.4 Å². The van der Waals surface area contributed by atoms with Crippen LogP contribution < -0.4 is 15.4 Å². The van der Waals surface area contributed by atoms with E-state index in [2.05, 4.69) is 15.4 Å². The molecule has 1 unspecified atom stereocenters. The maximum Gasteiger partial charge on any atom is 0.387 e. The lowest BCUT2D eigenvalue weighted by atomic mass is 10.1. The zero-order valence-electron chi connectivity index (χ0n) is 16.0. The molecule has 0 bridgehead atoms. The molecular weight excluding hydrogens is 404 g/mol. The molecule has 0 radical (unpaired) electrons. The Morgan fingerprint density at radius 2 is 1.72 bits per heavy atom. The number of hydrogen-bond acceptors (Lipinski definition) is 4. The van der Waals surface area contributed by atoms with Crippen molar-refractivity contribution in [3.8, 4) is 5.75 Å². The van der Waals surface area contributed by atoms with Crippen LogP contribution in [0.4, 0.5) is 8.78 Å². The standard InChI is InChI=1S/C20H22ClF2N3O3/c1-26(2)16(13-7-3-5-9-15(13)21)11-24-18(27)12-25-19(28)14-8-4-6-10-17(14)29-20(22)23/h3-10,16,20H,11-12H2,1-2H3,(H,24,27)(H,25,28). The van der Waals surface area contributed by atoms with Gasteiger partial charge in [0.25, 0.3) is 5.91 Å². The lowest BCUT2D eigenvalue weighted by Crippen LogP contribution is -2.40. The van der Waals surface area contributed by atoms with Crippen molar-refractivity contribution in [2.45, 2.75) is 12.7 Å². The van der Waals surface area contributed by atoms with Crippen molar-refractivity contribution in [3.63, 3.8) is 0 Å². The van der Waals surface area contributed by atoms with Crippen LogP contribution in [0.3, 0.4) is 0 Å². The molecule has 2 rings (SSSR count). The van der Waals surface area contributed by atoms with Crippen molar-refractivity contribution >= 4 is 23.4 Å². The minimum atomic E-state index is -3.06. The minimum Gasteiger partial charge on any atom is -0.434 e. The highest BCUT2D eigenvalue weighted by molar-refractivity contribution is 6.31. The number of hydrogen-bond donors (Lipinski definition) is 2. The molecule has 1 atom stereocenters. The first-order chi connectivity index (χ1) is 13.8. The highest BCUT2D eigenvalue weighted by atomic mass is 35.5. The third-order valence-corrected chi connectivity index (χ3v) is 4.48. The number of carbonyl (C=O) groups excluding carboxylic acids is 2. The smallest absolute Gasteiger partial charge is 0.387 e. The summed E-state index contributed by atoms with van der Waals surface area (Å²) < 4.78 is 29.2. The average molecular weight is 426 g/mol. The highest BCUT2D eigenvalue weighted by Crippen LogP contribution is 2.25. The number of likely N-dealkylation sites (N-methyl/N-ethyl adjacent to an activating group) is 1. The Labute approximate surface area is 172 Å². The van der Waals surface area contributed by atoms with Crippen LogP contribution in [0.25, 0.3) is 0 Å². The third kappa shape index (κ3) is 6.69. The number of ether oxygens (including phenoxy) is 1. The largest absolute Gasteiger partial charge is 0.434 e. The van der Waals surface area contributed by atoms with Crippen LogP contribution in [-0.2, 0) is 4.79 Å². The minimum absolute atomic E-state index is 0.0807. The molecule has 2 aromatic rings. The molecule has 0 saturated carbocycles. The average Bonchev–Trinajstić information content (AvgIpc) is 2.67. The summed E-state index contributed by atoms with van der Waals surface area (Å²) in [5.74, 6) is -1.37. The second-order valence-corrected chi connectivity index (χ2v) is 6.77. The van der Waals surface area contributed by atoms with Crippen molar-refractivity contribution in [1.29, 1.82) is 0 Å². The molecule has 0 aliphatic heterocycles. The molecule has 2 amide bonds. The lowest BCUT2D eigenvalue weighted by Gasteiger charge is -2.26. The molecule has 2 aromatic carbocycles. The fourth-order valence-electron chi connectivity index (χ4n) is 2.70. The molecule has 6 nitrogen and oxygen atoms in total. The van der Waals surface area contributed by atoms with E-state index in [4.69, 9.17) is 11.6 Å². The van der Waals surface area contributed by atoms with Crippen molar-refractivity contribution in [3.05, 3.63) is 64.7 Å². The van der Waals surface area contributed by atoms with Gasteiger partial charge in [0.1, 0.15) is 5.75 Å². The summed E-state index contributed by atoms with van der Waals surface area (Å²) in [5.41, 5.74) is 0.782. The molecule has 0 spiro atoms. The predicted octanol–water partition coefficient (Wildman–Crippen LogP) is 3.09. The molecular formula is C20H22ClF2N3O3. The van der Waals surface area contributed by atoms with Crippen LogP contribution in [0.15, 0.2) is 48.5 Å². The van der Waals surface area contributed by atoms with Gasteiger partial charge in [-0.05, 0) is 37.9 Å². The molecule has 0 saturated heterocycles.